The van der Waals surface area contributed by atoms with Crippen LogP contribution in [-0.4, -0.2) is 12.3 Å². The molecule has 0 radical (unpaired) electrons. The maximum absolute atomic E-state index is 15.2. The molecule has 1 fully saturated rings. The van der Waals surface area contributed by atoms with Crippen molar-refractivity contribution in [3.8, 4) is 0 Å². The minimum Gasteiger partial charge on any atom is -0.334 e. The summed E-state index contributed by atoms with van der Waals surface area (Å²) in [5.74, 6) is -0.150. The van der Waals surface area contributed by atoms with Gasteiger partial charge in [0.05, 0.1) is 5.54 Å². The summed E-state index contributed by atoms with van der Waals surface area (Å²) in [6.45, 7) is 30.1. The predicted octanol–water partition coefficient (Wildman–Crippen LogP) is 14.2. The van der Waals surface area contributed by atoms with E-state index >= 15 is 4.39 Å². The van der Waals surface area contributed by atoms with Crippen LogP contribution in [0.15, 0.2) is 109 Å². The molecular weight excluding hydrogens is 768 g/mol. The number of hydrogen-bond acceptors (Lipinski definition) is 3. The molecule has 0 spiro atoms. The van der Waals surface area contributed by atoms with Crippen LogP contribution < -0.4 is 31.1 Å². The lowest BCUT2D eigenvalue weighted by Crippen LogP contribution is -2.61. The first kappa shape index (κ1) is 41.7. The molecule has 0 amide bonds. The Bertz CT molecular complexity index is 2840. The maximum Gasteiger partial charge on any atom is 0.252 e. The Balaban J connectivity index is 1.27. The van der Waals surface area contributed by atoms with E-state index in [1.54, 1.807) is 6.07 Å². The third kappa shape index (κ3) is 6.26. The van der Waals surface area contributed by atoms with E-state index in [0.717, 1.165) is 48.3 Å². The molecule has 5 heteroatoms. The average Bonchev–Trinajstić information content (AvgIpc) is 3.42. The quantitative estimate of drug-likeness (QED) is 0.164. The number of hydrogen-bond donors (Lipinski definition) is 0. The SMILES string of the molecule is Cc1cc2c3c(c1)N(c1ccc(C(C)(C)C)cc1C)c1ccc(C(C)(C)C)cc1B3c1ccc(N3c4ccc(F)cc4C4(C)CCCCC34C)cc1N2c1ccc(C(C)(C)C)cc1. The highest BCUT2D eigenvalue weighted by atomic mass is 19.1. The lowest BCUT2D eigenvalue weighted by Gasteiger charge is -2.50. The Morgan fingerprint density at radius 1 is 0.508 bits per heavy atom. The van der Waals surface area contributed by atoms with E-state index < -0.39 is 0 Å². The van der Waals surface area contributed by atoms with Crippen molar-refractivity contribution in [3.05, 3.63) is 148 Å². The van der Waals surface area contributed by atoms with Gasteiger partial charge in [0, 0.05) is 50.9 Å². The normalized spacial score (nSPS) is 20.3. The van der Waals surface area contributed by atoms with Crippen LogP contribution in [-0.2, 0) is 21.7 Å². The first-order valence-electron chi connectivity index (χ1n) is 23.5. The zero-order valence-corrected chi connectivity index (χ0v) is 40.0. The summed E-state index contributed by atoms with van der Waals surface area (Å²) in [7, 11) is 0. The van der Waals surface area contributed by atoms with Gasteiger partial charge in [-0.3, -0.25) is 0 Å². The summed E-state index contributed by atoms with van der Waals surface area (Å²) in [5.41, 5.74) is 20.9. The van der Waals surface area contributed by atoms with Crippen molar-refractivity contribution < 1.29 is 4.39 Å². The highest BCUT2D eigenvalue weighted by molar-refractivity contribution is 7.00. The van der Waals surface area contributed by atoms with E-state index in [9.17, 15) is 0 Å². The molecule has 0 aromatic heterocycles. The second kappa shape index (κ2) is 13.9. The molecule has 6 aromatic rings. The lowest BCUT2D eigenvalue weighted by molar-refractivity contribution is 0.194. The van der Waals surface area contributed by atoms with E-state index in [0.29, 0.717) is 0 Å². The Hall–Kier alpha value is -5.29. The van der Waals surface area contributed by atoms with Crippen molar-refractivity contribution in [2.24, 2.45) is 0 Å². The van der Waals surface area contributed by atoms with Gasteiger partial charge in [0.15, 0.2) is 0 Å². The third-order valence-electron chi connectivity index (χ3n) is 15.7. The molecule has 63 heavy (non-hydrogen) atoms. The van der Waals surface area contributed by atoms with Crippen molar-refractivity contribution in [2.75, 3.05) is 14.7 Å². The largest absolute Gasteiger partial charge is 0.334 e. The highest BCUT2D eigenvalue weighted by Crippen LogP contribution is 2.61. The molecule has 1 aliphatic carbocycles. The van der Waals surface area contributed by atoms with E-state index in [4.69, 9.17) is 0 Å². The molecule has 10 rings (SSSR count). The summed E-state index contributed by atoms with van der Waals surface area (Å²) in [6, 6.07) is 41.4. The number of rotatable bonds is 3. The standard InChI is InChI=1S/C58H65BFN3/c1-36-30-51-53-52(31-36)62(47-25-18-39(32-37(47)2)55(6,7)8)49-26-19-40(56(9,10)11)33-46(49)59(53)45-24-23-43(35-50(45)61(51)42-21-16-38(17-22-42)54(3,4)5)63-48-27-20-41(60)34-44(48)57(12)28-14-15-29-58(57,63)13/h16-27,30-35H,14-15,28-29H2,1-13H3. The number of aryl methyl sites for hydroxylation is 2. The monoisotopic (exact) mass is 834 g/mol. The molecule has 4 aliphatic rings. The van der Waals surface area contributed by atoms with Crippen molar-refractivity contribution in [2.45, 2.75) is 143 Å². The number of halogens is 1. The summed E-state index contributed by atoms with van der Waals surface area (Å²) in [6.07, 6.45) is 4.42. The van der Waals surface area contributed by atoms with Crippen molar-refractivity contribution in [1.29, 1.82) is 0 Å². The molecule has 322 valence electrons. The van der Waals surface area contributed by atoms with E-state index in [1.165, 1.54) is 72.6 Å². The first-order valence-corrected chi connectivity index (χ1v) is 23.5. The minimum atomic E-state index is -0.203. The molecule has 2 atom stereocenters. The molecule has 0 bridgehead atoms. The summed E-state index contributed by atoms with van der Waals surface area (Å²) in [5, 5.41) is 0. The molecule has 6 aromatic carbocycles. The zero-order chi connectivity index (χ0) is 44.8. The van der Waals surface area contributed by atoms with Gasteiger partial charge in [-0.05, 0) is 166 Å². The first-order chi connectivity index (χ1) is 29.6. The summed E-state index contributed by atoms with van der Waals surface area (Å²) in [4.78, 5) is 7.72. The van der Waals surface area contributed by atoms with Gasteiger partial charge < -0.3 is 14.7 Å². The predicted molar refractivity (Wildman–Crippen MR) is 269 cm³/mol. The van der Waals surface area contributed by atoms with Crippen LogP contribution in [0.3, 0.4) is 0 Å². The Morgan fingerprint density at radius 2 is 1.08 bits per heavy atom. The topological polar surface area (TPSA) is 9.72 Å². The molecule has 1 saturated carbocycles. The van der Waals surface area contributed by atoms with Crippen LogP contribution in [0.1, 0.15) is 135 Å². The van der Waals surface area contributed by atoms with Crippen LogP contribution >= 0.6 is 0 Å². The second-order valence-electron chi connectivity index (χ2n) is 22.9. The van der Waals surface area contributed by atoms with Crippen LogP contribution in [0.25, 0.3) is 0 Å². The van der Waals surface area contributed by atoms with E-state index in [-0.39, 0.29) is 39.7 Å². The molecular formula is C58H65BFN3. The van der Waals surface area contributed by atoms with Gasteiger partial charge in [0.25, 0.3) is 6.71 Å². The third-order valence-corrected chi connectivity index (χ3v) is 15.7. The van der Waals surface area contributed by atoms with Crippen LogP contribution in [0.4, 0.5) is 49.9 Å². The number of nitrogens with zero attached hydrogens (tertiary/aromatic N) is 3. The van der Waals surface area contributed by atoms with Gasteiger partial charge in [-0.1, -0.05) is 125 Å². The van der Waals surface area contributed by atoms with Crippen molar-refractivity contribution in [3.63, 3.8) is 0 Å². The van der Waals surface area contributed by atoms with Crippen molar-refractivity contribution in [1.82, 2.24) is 0 Å². The number of benzene rings is 6. The molecule has 3 nitrogen and oxygen atoms in total. The van der Waals surface area contributed by atoms with E-state index in [1.807, 2.05) is 12.1 Å². The summed E-state index contributed by atoms with van der Waals surface area (Å²) < 4.78 is 15.2. The fourth-order valence-corrected chi connectivity index (χ4v) is 11.9. The van der Waals surface area contributed by atoms with Crippen molar-refractivity contribution >= 4 is 68.6 Å². The van der Waals surface area contributed by atoms with Gasteiger partial charge in [-0.15, -0.1) is 0 Å². The molecule has 2 unspecified atom stereocenters. The number of anilines is 8. The molecule has 0 N–H and O–H groups in total. The fourth-order valence-electron chi connectivity index (χ4n) is 11.9. The van der Waals surface area contributed by atoms with Crippen LogP contribution in [0, 0.1) is 19.7 Å². The minimum absolute atomic E-state index is 0.00273. The second-order valence-corrected chi connectivity index (χ2v) is 22.9. The van der Waals surface area contributed by atoms with Gasteiger partial charge in [0.1, 0.15) is 5.82 Å². The summed E-state index contributed by atoms with van der Waals surface area (Å²) >= 11 is 0. The Labute approximate surface area is 377 Å². The molecule has 3 heterocycles. The maximum atomic E-state index is 15.2. The lowest BCUT2D eigenvalue weighted by atomic mass is 9.33. The number of fused-ring (bicyclic) bond motifs is 7. The van der Waals surface area contributed by atoms with Gasteiger partial charge in [-0.2, -0.15) is 0 Å². The van der Waals surface area contributed by atoms with Gasteiger partial charge in [-0.25, -0.2) is 4.39 Å². The Morgan fingerprint density at radius 3 is 1.73 bits per heavy atom. The fraction of sp³-hybridized carbons (Fsp3) is 0.379. The molecule has 3 aliphatic heterocycles. The van der Waals surface area contributed by atoms with Crippen LogP contribution in [0.5, 0.6) is 0 Å². The zero-order valence-electron chi connectivity index (χ0n) is 40.0. The van der Waals surface area contributed by atoms with Gasteiger partial charge in [0.2, 0.25) is 0 Å². The Kier molecular flexibility index (Phi) is 9.17. The van der Waals surface area contributed by atoms with Crippen LogP contribution in [0.2, 0.25) is 0 Å². The average molecular weight is 834 g/mol. The van der Waals surface area contributed by atoms with E-state index in [2.05, 4.69) is 196 Å². The molecule has 0 saturated heterocycles. The van der Waals surface area contributed by atoms with Gasteiger partial charge >= 0.3 is 0 Å². The highest BCUT2D eigenvalue weighted by Gasteiger charge is 2.58. The smallest absolute Gasteiger partial charge is 0.252 e.